The average Bonchev–Trinajstić information content (AvgIpc) is 2.82. The summed E-state index contributed by atoms with van der Waals surface area (Å²) >= 11 is 2.10. The molecule has 1 unspecified atom stereocenters. The highest BCUT2D eigenvalue weighted by Crippen LogP contribution is 2.40. The first-order valence-corrected chi connectivity index (χ1v) is 15.1. The van der Waals surface area contributed by atoms with Gasteiger partial charge in [0, 0.05) is 11.3 Å². The molecule has 0 saturated carbocycles. The number of ketones is 1. The standard InChI is InChI=1S/C32H52OS/c1-7-11-13-14-15-16-17-23-32(21-10-4,22-12-8-2)26-34-25-29-20-19-27(5)31(24-29)30(18-9-3)28(6)33/h9,18-20,24H,3,7-8,10-17,21-23,25-26H2,1-2,4-6H3/b30-18-. The molecular weight excluding hydrogens is 432 g/mol. The Morgan fingerprint density at radius 2 is 1.56 bits per heavy atom. The van der Waals surface area contributed by atoms with Gasteiger partial charge in [-0.05, 0) is 67.0 Å². The fraction of sp³-hybridized carbons (Fsp3) is 0.656. The first kappa shape index (κ1) is 30.8. The second kappa shape index (κ2) is 18.1. The van der Waals surface area contributed by atoms with Crippen LogP contribution >= 0.6 is 11.8 Å². The van der Waals surface area contributed by atoms with Crippen LogP contribution in [0.5, 0.6) is 0 Å². The second-order valence-corrected chi connectivity index (χ2v) is 11.2. The Labute approximate surface area is 216 Å². The van der Waals surface area contributed by atoms with Crippen LogP contribution in [0.4, 0.5) is 0 Å². The fourth-order valence-electron chi connectivity index (χ4n) is 5.08. The van der Waals surface area contributed by atoms with Gasteiger partial charge in [0.15, 0.2) is 5.78 Å². The number of aryl methyl sites for hydroxylation is 1. The molecule has 1 aromatic carbocycles. The van der Waals surface area contributed by atoms with Crippen molar-refractivity contribution >= 4 is 23.1 Å². The lowest BCUT2D eigenvalue weighted by molar-refractivity contribution is -0.111. The van der Waals surface area contributed by atoms with Crippen LogP contribution in [0, 0.1) is 12.3 Å². The van der Waals surface area contributed by atoms with Gasteiger partial charge in [-0.3, -0.25) is 4.79 Å². The maximum absolute atomic E-state index is 12.2. The van der Waals surface area contributed by atoms with Gasteiger partial charge in [-0.1, -0.05) is 116 Å². The Morgan fingerprint density at radius 1 is 0.912 bits per heavy atom. The zero-order valence-electron chi connectivity index (χ0n) is 23.0. The summed E-state index contributed by atoms with van der Waals surface area (Å²) in [5.74, 6) is 2.37. The minimum Gasteiger partial charge on any atom is -0.294 e. The number of Topliss-reactive ketones (excluding diaryl/α,β-unsaturated/α-hetero) is 1. The summed E-state index contributed by atoms with van der Waals surface area (Å²) in [6.45, 7) is 14.5. The molecule has 2 heteroatoms. The van der Waals surface area contributed by atoms with E-state index in [1.165, 1.54) is 94.8 Å². The van der Waals surface area contributed by atoms with Crippen LogP contribution < -0.4 is 0 Å². The average molecular weight is 485 g/mol. The smallest absolute Gasteiger partial charge is 0.160 e. The zero-order chi connectivity index (χ0) is 25.2. The number of unbranched alkanes of at least 4 members (excludes halogenated alkanes) is 7. The molecule has 0 spiro atoms. The number of carbonyl (C=O) groups excluding carboxylic acids is 1. The van der Waals surface area contributed by atoms with Crippen molar-refractivity contribution in [3.63, 3.8) is 0 Å². The van der Waals surface area contributed by atoms with E-state index in [-0.39, 0.29) is 5.78 Å². The third-order valence-electron chi connectivity index (χ3n) is 7.08. The lowest BCUT2D eigenvalue weighted by Crippen LogP contribution is -2.24. The highest BCUT2D eigenvalue weighted by Gasteiger charge is 2.28. The monoisotopic (exact) mass is 484 g/mol. The third kappa shape index (κ3) is 11.4. The molecule has 0 aliphatic carbocycles. The van der Waals surface area contributed by atoms with Gasteiger partial charge in [-0.25, -0.2) is 0 Å². The molecule has 0 fully saturated rings. The highest BCUT2D eigenvalue weighted by molar-refractivity contribution is 7.98. The van der Waals surface area contributed by atoms with Crippen molar-refractivity contribution in [1.82, 2.24) is 0 Å². The van der Waals surface area contributed by atoms with Crippen LogP contribution in [0.15, 0.2) is 36.9 Å². The van der Waals surface area contributed by atoms with Gasteiger partial charge in [0.2, 0.25) is 0 Å². The van der Waals surface area contributed by atoms with E-state index in [9.17, 15) is 4.79 Å². The molecule has 34 heavy (non-hydrogen) atoms. The van der Waals surface area contributed by atoms with E-state index in [0.717, 1.165) is 22.5 Å². The Hall–Kier alpha value is -1.28. The van der Waals surface area contributed by atoms with Crippen LogP contribution in [0.25, 0.3) is 5.57 Å². The fourth-order valence-corrected chi connectivity index (χ4v) is 6.46. The topological polar surface area (TPSA) is 17.1 Å². The quantitative estimate of drug-likeness (QED) is 0.104. The Bertz CT molecular complexity index is 747. The van der Waals surface area contributed by atoms with Gasteiger partial charge in [0.25, 0.3) is 0 Å². The zero-order valence-corrected chi connectivity index (χ0v) is 23.8. The number of rotatable bonds is 20. The minimum absolute atomic E-state index is 0.101. The molecular formula is C32H52OS. The molecule has 1 nitrogen and oxygen atoms in total. The van der Waals surface area contributed by atoms with Crippen LogP contribution in [-0.4, -0.2) is 11.5 Å². The molecule has 0 aromatic heterocycles. The van der Waals surface area contributed by atoms with Crippen molar-refractivity contribution < 1.29 is 4.79 Å². The molecule has 0 saturated heterocycles. The van der Waals surface area contributed by atoms with E-state index in [0.29, 0.717) is 5.41 Å². The number of hydrogen-bond acceptors (Lipinski definition) is 2. The molecule has 192 valence electrons. The van der Waals surface area contributed by atoms with Crippen LogP contribution in [0.3, 0.4) is 0 Å². The lowest BCUT2D eigenvalue weighted by Gasteiger charge is -2.34. The van der Waals surface area contributed by atoms with Crippen molar-refractivity contribution in [3.05, 3.63) is 53.6 Å². The van der Waals surface area contributed by atoms with E-state index in [2.05, 4.69) is 64.2 Å². The number of carbonyl (C=O) groups is 1. The summed E-state index contributed by atoms with van der Waals surface area (Å²) in [5.41, 5.74) is 4.78. The van der Waals surface area contributed by atoms with Gasteiger partial charge < -0.3 is 0 Å². The molecule has 0 N–H and O–H groups in total. The van der Waals surface area contributed by atoms with E-state index in [1.807, 2.05) is 6.08 Å². The van der Waals surface area contributed by atoms with Crippen molar-refractivity contribution in [2.45, 2.75) is 124 Å². The molecule has 1 aromatic rings. The van der Waals surface area contributed by atoms with Crippen molar-refractivity contribution in [2.24, 2.45) is 5.41 Å². The minimum atomic E-state index is 0.101. The van der Waals surface area contributed by atoms with E-state index in [1.54, 1.807) is 13.0 Å². The lowest BCUT2D eigenvalue weighted by atomic mass is 9.76. The summed E-state index contributed by atoms with van der Waals surface area (Å²) in [6.07, 6.45) is 21.3. The highest BCUT2D eigenvalue weighted by atomic mass is 32.2. The molecule has 0 amide bonds. The molecule has 1 atom stereocenters. The third-order valence-corrected chi connectivity index (χ3v) is 8.44. The van der Waals surface area contributed by atoms with E-state index < -0.39 is 0 Å². The van der Waals surface area contributed by atoms with Gasteiger partial charge >= 0.3 is 0 Å². The maximum Gasteiger partial charge on any atom is 0.160 e. The predicted octanol–water partition coefficient (Wildman–Crippen LogP) is 10.5. The number of benzene rings is 1. The Balaban J connectivity index is 2.81. The first-order valence-electron chi connectivity index (χ1n) is 13.9. The van der Waals surface area contributed by atoms with Crippen LogP contribution in [0.2, 0.25) is 0 Å². The largest absolute Gasteiger partial charge is 0.294 e. The summed E-state index contributed by atoms with van der Waals surface area (Å²) in [5, 5.41) is 0. The van der Waals surface area contributed by atoms with Gasteiger partial charge in [0.1, 0.15) is 0 Å². The van der Waals surface area contributed by atoms with Crippen LogP contribution in [0.1, 0.15) is 128 Å². The molecule has 0 heterocycles. The van der Waals surface area contributed by atoms with E-state index >= 15 is 0 Å². The van der Waals surface area contributed by atoms with Crippen molar-refractivity contribution in [1.29, 1.82) is 0 Å². The van der Waals surface area contributed by atoms with Crippen molar-refractivity contribution in [2.75, 3.05) is 5.75 Å². The number of hydrogen-bond donors (Lipinski definition) is 0. The van der Waals surface area contributed by atoms with Gasteiger partial charge in [-0.15, -0.1) is 0 Å². The van der Waals surface area contributed by atoms with Crippen molar-refractivity contribution in [3.8, 4) is 0 Å². The summed E-state index contributed by atoms with van der Waals surface area (Å²) in [6, 6.07) is 6.63. The van der Waals surface area contributed by atoms with Crippen LogP contribution in [-0.2, 0) is 10.5 Å². The van der Waals surface area contributed by atoms with Gasteiger partial charge in [0.05, 0.1) is 0 Å². The predicted molar refractivity (Wildman–Crippen MR) is 156 cm³/mol. The molecule has 0 bridgehead atoms. The Kier molecular flexibility index (Phi) is 16.3. The molecule has 1 rings (SSSR count). The second-order valence-electron chi connectivity index (χ2n) is 10.2. The summed E-state index contributed by atoms with van der Waals surface area (Å²) < 4.78 is 0. The number of allylic oxidation sites excluding steroid dienone is 3. The maximum atomic E-state index is 12.2. The van der Waals surface area contributed by atoms with E-state index in [4.69, 9.17) is 0 Å². The SMILES string of the molecule is C=C/C=C(/C(C)=O)c1cc(CSCC(CCC)(CCCC)CCCCCCCCC)ccc1C. The Morgan fingerprint density at radius 3 is 2.18 bits per heavy atom. The molecule has 0 aliphatic heterocycles. The molecule has 0 aliphatic rings. The van der Waals surface area contributed by atoms with Gasteiger partial charge in [-0.2, -0.15) is 11.8 Å². The first-order chi connectivity index (χ1) is 16.4. The normalized spacial score (nSPS) is 13.6. The summed E-state index contributed by atoms with van der Waals surface area (Å²) in [4.78, 5) is 12.2. The number of thioether (sulfide) groups is 1. The summed E-state index contributed by atoms with van der Waals surface area (Å²) in [7, 11) is 0. The molecule has 0 radical (unpaired) electrons.